The number of carbonyl (C=O) groups excluding carboxylic acids is 3. The smallest absolute Gasteiger partial charge is 0.261 e. The summed E-state index contributed by atoms with van der Waals surface area (Å²) in [4.78, 5) is 42.6. The molecule has 5 rings (SSSR count). The van der Waals surface area contributed by atoms with Crippen LogP contribution in [-0.4, -0.2) is 42.1 Å². The number of rotatable bonds is 8. The number of ether oxygens (including phenoxy) is 3. The third-order valence-corrected chi connectivity index (χ3v) is 6.53. The molecule has 8 heteroatoms. The van der Waals surface area contributed by atoms with Crippen molar-refractivity contribution in [3.63, 3.8) is 0 Å². The summed E-state index contributed by atoms with van der Waals surface area (Å²) < 4.78 is 16.5. The molecular weight excluding hydrogens is 472 g/mol. The van der Waals surface area contributed by atoms with Gasteiger partial charge in [-0.1, -0.05) is 50.2 Å². The minimum absolute atomic E-state index is 0.105. The highest BCUT2D eigenvalue weighted by molar-refractivity contribution is 6.23. The van der Waals surface area contributed by atoms with Crippen molar-refractivity contribution in [2.45, 2.75) is 38.8 Å². The van der Waals surface area contributed by atoms with E-state index in [1.54, 1.807) is 36.4 Å². The molecule has 1 unspecified atom stereocenters. The molecule has 0 radical (unpaired) electrons. The van der Waals surface area contributed by atoms with Crippen LogP contribution in [-0.2, 0) is 20.9 Å². The number of fused-ring (bicyclic) bond motifs is 1. The van der Waals surface area contributed by atoms with E-state index in [1.807, 2.05) is 36.4 Å². The highest BCUT2D eigenvalue weighted by Crippen LogP contribution is 2.34. The van der Waals surface area contributed by atoms with Gasteiger partial charge in [0.05, 0.1) is 12.1 Å². The van der Waals surface area contributed by atoms with Gasteiger partial charge in [-0.3, -0.25) is 14.4 Å². The number of carbonyl (C=O) groups is 3. The lowest BCUT2D eigenvalue weighted by Gasteiger charge is -2.28. The van der Waals surface area contributed by atoms with Gasteiger partial charge in [-0.05, 0) is 53.4 Å². The molecule has 3 aromatic carbocycles. The van der Waals surface area contributed by atoms with Gasteiger partial charge in [-0.2, -0.15) is 0 Å². The number of para-hydroxylation sites is 1. The van der Waals surface area contributed by atoms with Gasteiger partial charge in [0.15, 0.2) is 18.1 Å². The molecule has 2 aliphatic rings. The lowest BCUT2D eigenvalue weighted by molar-refractivity contribution is -0.140. The fourth-order valence-corrected chi connectivity index (χ4v) is 4.49. The van der Waals surface area contributed by atoms with E-state index in [1.165, 1.54) is 9.80 Å². The van der Waals surface area contributed by atoms with Gasteiger partial charge in [0.2, 0.25) is 12.7 Å². The number of nitrogens with zero attached hydrogens (tertiary/aromatic N) is 2. The van der Waals surface area contributed by atoms with E-state index < -0.39 is 17.9 Å². The minimum Gasteiger partial charge on any atom is -0.484 e. The Bertz CT molecular complexity index is 1310. The molecule has 0 bridgehead atoms. The largest absolute Gasteiger partial charge is 0.484 e. The monoisotopic (exact) mass is 500 g/mol. The summed E-state index contributed by atoms with van der Waals surface area (Å²) >= 11 is 0. The number of hydrogen-bond acceptors (Lipinski definition) is 6. The first kappa shape index (κ1) is 24.4. The van der Waals surface area contributed by atoms with Crippen molar-refractivity contribution < 1.29 is 28.6 Å². The summed E-state index contributed by atoms with van der Waals surface area (Å²) in [5, 5.41) is 0. The Hall–Kier alpha value is -4.33. The summed E-state index contributed by atoms with van der Waals surface area (Å²) in [6.07, 6.45) is -0.105. The second-order valence-corrected chi connectivity index (χ2v) is 9.34. The standard InChI is InChI=1S/C29H28N2O6/c1-19(2)21-9-11-22(12-10-21)31-27(32)15-24(29(31)34)30(28(33)17-35-23-6-4-3-5-7-23)16-20-8-13-25-26(14-20)37-18-36-25/h3-14,19,24H,15-18H2,1-2H3. The maximum atomic E-state index is 13.6. The fourth-order valence-electron chi connectivity index (χ4n) is 4.49. The maximum absolute atomic E-state index is 13.6. The van der Waals surface area contributed by atoms with E-state index in [2.05, 4.69) is 13.8 Å². The first-order valence-electron chi connectivity index (χ1n) is 12.2. The van der Waals surface area contributed by atoms with Crippen LogP contribution >= 0.6 is 0 Å². The number of hydrogen-bond donors (Lipinski definition) is 0. The van der Waals surface area contributed by atoms with Crippen molar-refractivity contribution in [3.8, 4) is 17.2 Å². The van der Waals surface area contributed by atoms with Gasteiger partial charge in [0.1, 0.15) is 11.8 Å². The van der Waals surface area contributed by atoms with Crippen LogP contribution in [0.4, 0.5) is 5.69 Å². The molecule has 8 nitrogen and oxygen atoms in total. The number of anilines is 1. The normalized spacial score (nSPS) is 16.4. The Balaban J connectivity index is 1.40. The maximum Gasteiger partial charge on any atom is 0.261 e. The van der Waals surface area contributed by atoms with Crippen LogP contribution in [0, 0.1) is 0 Å². The lowest BCUT2D eigenvalue weighted by Crippen LogP contribution is -2.46. The summed E-state index contributed by atoms with van der Waals surface area (Å²) in [7, 11) is 0. The van der Waals surface area contributed by atoms with E-state index in [9.17, 15) is 14.4 Å². The highest BCUT2D eigenvalue weighted by atomic mass is 16.7. The Labute approximate surface area is 215 Å². The first-order chi connectivity index (χ1) is 17.9. The van der Waals surface area contributed by atoms with E-state index in [0.717, 1.165) is 11.1 Å². The van der Waals surface area contributed by atoms with E-state index in [-0.39, 0.29) is 32.3 Å². The SMILES string of the molecule is CC(C)c1ccc(N2C(=O)CC(N(Cc3ccc4c(c3)OCO4)C(=O)COc3ccccc3)C2=O)cc1. The Morgan fingerprint density at radius 2 is 1.73 bits per heavy atom. The Morgan fingerprint density at radius 1 is 1.00 bits per heavy atom. The van der Waals surface area contributed by atoms with Gasteiger partial charge in [-0.25, -0.2) is 4.90 Å². The van der Waals surface area contributed by atoms with Crippen LogP contribution in [0.15, 0.2) is 72.8 Å². The van der Waals surface area contributed by atoms with Crippen molar-refractivity contribution >= 4 is 23.4 Å². The molecule has 1 fully saturated rings. The van der Waals surface area contributed by atoms with E-state index in [4.69, 9.17) is 14.2 Å². The van der Waals surface area contributed by atoms with E-state index in [0.29, 0.717) is 28.9 Å². The molecule has 3 amide bonds. The Kier molecular flexibility index (Phi) is 6.81. The van der Waals surface area contributed by atoms with Gasteiger partial charge in [0.25, 0.3) is 11.8 Å². The quantitative estimate of drug-likeness (QED) is 0.429. The molecule has 3 aromatic rings. The van der Waals surface area contributed by atoms with Crippen LogP contribution in [0.5, 0.6) is 17.2 Å². The van der Waals surface area contributed by atoms with Gasteiger partial charge in [0, 0.05) is 6.54 Å². The Morgan fingerprint density at radius 3 is 2.46 bits per heavy atom. The predicted octanol–water partition coefficient (Wildman–Crippen LogP) is 4.28. The highest BCUT2D eigenvalue weighted by Gasteiger charge is 2.44. The van der Waals surface area contributed by atoms with Crippen LogP contribution in [0.3, 0.4) is 0 Å². The molecule has 0 aromatic heterocycles. The van der Waals surface area contributed by atoms with Crippen LogP contribution in [0.2, 0.25) is 0 Å². The number of imide groups is 1. The molecule has 2 aliphatic heterocycles. The predicted molar refractivity (Wildman–Crippen MR) is 136 cm³/mol. The summed E-state index contributed by atoms with van der Waals surface area (Å²) in [5.41, 5.74) is 2.35. The zero-order chi connectivity index (χ0) is 25.9. The van der Waals surface area contributed by atoms with Crippen LogP contribution in [0.25, 0.3) is 0 Å². The van der Waals surface area contributed by atoms with Gasteiger partial charge < -0.3 is 19.1 Å². The molecule has 190 valence electrons. The average molecular weight is 501 g/mol. The van der Waals surface area contributed by atoms with Gasteiger partial charge >= 0.3 is 0 Å². The topological polar surface area (TPSA) is 85.4 Å². The molecule has 0 saturated carbocycles. The molecule has 0 N–H and O–H groups in total. The second kappa shape index (κ2) is 10.3. The van der Waals surface area contributed by atoms with Crippen LogP contribution < -0.4 is 19.1 Å². The molecule has 1 atom stereocenters. The summed E-state index contributed by atoms with van der Waals surface area (Å²) in [6, 6.07) is 20.8. The molecule has 2 heterocycles. The average Bonchev–Trinajstić information content (AvgIpc) is 3.49. The summed E-state index contributed by atoms with van der Waals surface area (Å²) in [5.74, 6) is 0.884. The molecule has 0 spiro atoms. The second-order valence-electron chi connectivity index (χ2n) is 9.34. The molecule has 0 aliphatic carbocycles. The van der Waals surface area contributed by atoms with Crippen molar-refractivity contribution in [3.05, 3.63) is 83.9 Å². The minimum atomic E-state index is -0.949. The third kappa shape index (κ3) is 5.14. The van der Waals surface area contributed by atoms with Crippen molar-refractivity contribution in [1.29, 1.82) is 0 Å². The van der Waals surface area contributed by atoms with Crippen molar-refractivity contribution in [1.82, 2.24) is 4.90 Å². The molecule has 1 saturated heterocycles. The molecule has 37 heavy (non-hydrogen) atoms. The van der Waals surface area contributed by atoms with Crippen molar-refractivity contribution in [2.24, 2.45) is 0 Å². The van der Waals surface area contributed by atoms with Crippen LogP contribution in [0.1, 0.15) is 37.3 Å². The van der Waals surface area contributed by atoms with E-state index >= 15 is 0 Å². The molecular formula is C29H28N2O6. The number of benzene rings is 3. The number of amides is 3. The zero-order valence-electron chi connectivity index (χ0n) is 20.8. The van der Waals surface area contributed by atoms with Crippen molar-refractivity contribution in [2.75, 3.05) is 18.3 Å². The van der Waals surface area contributed by atoms with Gasteiger partial charge in [-0.15, -0.1) is 0 Å². The fraction of sp³-hybridized carbons (Fsp3) is 0.276. The third-order valence-electron chi connectivity index (χ3n) is 6.53. The first-order valence-corrected chi connectivity index (χ1v) is 12.2. The zero-order valence-corrected chi connectivity index (χ0v) is 20.8. The summed E-state index contributed by atoms with van der Waals surface area (Å²) in [6.45, 7) is 4.13. The lowest BCUT2D eigenvalue weighted by atomic mass is 10.0.